The number of hydrogen-bond donors (Lipinski definition) is 1. The molecule has 2 aliphatic carbocycles. The Morgan fingerprint density at radius 3 is 2.80 bits per heavy atom. The van der Waals surface area contributed by atoms with E-state index in [1.165, 1.54) is 11.1 Å². The van der Waals surface area contributed by atoms with Crippen molar-refractivity contribution in [3.8, 4) is 5.75 Å². The predicted octanol–water partition coefficient (Wildman–Crippen LogP) is 6.05. The number of allylic oxidation sites excluding steroid dienone is 1. The number of rotatable bonds is 5. The van der Waals surface area contributed by atoms with Gasteiger partial charge in [-0.25, -0.2) is 4.21 Å². The van der Waals surface area contributed by atoms with E-state index in [1.54, 1.807) is 6.07 Å². The average molecular weight is 710 g/mol. The highest BCUT2D eigenvalue weighted by Gasteiger charge is 2.44. The Labute approximate surface area is 297 Å². The normalized spacial score (nSPS) is 32.9. The number of hydrogen-bond acceptors (Lipinski definition) is 7. The van der Waals surface area contributed by atoms with Crippen LogP contribution in [0.2, 0.25) is 5.02 Å². The van der Waals surface area contributed by atoms with Crippen molar-refractivity contribution < 1.29 is 23.2 Å². The molecule has 49 heavy (non-hydrogen) atoms. The third-order valence-corrected chi connectivity index (χ3v) is 14.1. The van der Waals surface area contributed by atoms with Crippen molar-refractivity contribution in [3.63, 3.8) is 0 Å². The Hall–Kier alpha value is -2.56. The number of ether oxygens (including phenoxy) is 3. The molecule has 1 saturated carbocycles. The number of fused-ring (bicyclic) bond motifs is 4. The lowest BCUT2D eigenvalue weighted by Crippen LogP contribution is -2.50. The molecule has 6 atom stereocenters. The fourth-order valence-corrected chi connectivity index (χ4v) is 10.6. The number of benzene rings is 2. The lowest BCUT2D eigenvalue weighted by molar-refractivity contribution is -0.0314. The van der Waals surface area contributed by atoms with Crippen LogP contribution in [0.15, 0.2) is 48.6 Å². The summed E-state index contributed by atoms with van der Waals surface area (Å²) in [5, 5.41) is 0.540. The van der Waals surface area contributed by atoms with Crippen LogP contribution in [-0.2, 0) is 31.0 Å². The van der Waals surface area contributed by atoms with Gasteiger partial charge in [-0.05, 0) is 111 Å². The molecular formula is C39H52ClN3O5S. The van der Waals surface area contributed by atoms with Crippen molar-refractivity contribution in [2.45, 2.75) is 75.1 Å². The predicted molar refractivity (Wildman–Crippen MR) is 199 cm³/mol. The number of aryl methyl sites for hydroxylation is 1. The van der Waals surface area contributed by atoms with Gasteiger partial charge < -0.3 is 19.1 Å². The number of amides is 1. The first-order valence-corrected chi connectivity index (χ1v) is 20.5. The van der Waals surface area contributed by atoms with E-state index in [4.69, 9.17) is 25.8 Å². The summed E-state index contributed by atoms with van der Waals surface area (Å²) in [7, 11) is -2.88. The van der Waals surface area contributed by atoms with E-state index in [9.17, 15) is 9.00 Å². The Balaban J connectivity index is 1.23. The topological polar surface area (TPSA) is 80.3 Å². The van der Waals surface area contributed by atoms with Crippen molar-refractivity contribution in [1.82, 2.24) is 9.62 Å². The van der Waals surface area contributed by atoms with Crippen LogP contribution in [0.1, 0.15) is 73.4 Å². The van der Waals surface area contributed by atoms with Gasteiger partial charge in [0.25, 0.3) is 5.91 Å². The lowest BCUT2D eigenvalue weighted by Gasteiger charge is -2.46. The Bertz CT molecular complexity index is 1640. The molecule has 1 unspecified atom stereocenters. The molecule has 1 N–H and O–H groups in total. The van der Waals surface area contributed by atoms with E-state index in [0.717, 1.165) is 101 Å². The molecule has 2 bridgehead atoms. The first-order valence-electron chi connectivity index (χ1n) is 18.3. The van der Waals surface area contributed by atoms with Gasteiger partial charge in [-0.15, -0.1) is 0 Å². The van der Waals surface area contributed by atoms with Gasteiger partial charge >= 0.3 is 0 Å². The molecule has 266 valence electrons. The van der Waals surface area contributed by atoms with Crippen LogP contribution >= 0.6 is 11.6 Å². The SMILES string of the molecule is C=S1(=O)NC(=O)c2ccc3c(c2)N(C[C@@H]2CC[C@H]2[C@@H](OCCN2CCOCC2)/C=C/CC[C@H]1CC)C[C@@]1(CCCc2cc(Cl)ccc21)CO3. The molecule has 2 aromatic rings. The van der Waals surface area contributed by atoms with Gasteiger partial charge in [0, 0.05) is 54.0 Å². The number of nitrogens with one attached hydrogen (secondary N) is 1. The summed E-state index contributed by atoms with van der Waals surface area (Å²) >= 11 is 6.48. The fraction of sp³-hybridized carbons (Fsp3) is 0.590. The number of halogens is 1. The maximum Gasteiger partial charge on any atom is 0.262 e. The summed E-state index contributed by atoms with van der Waals surface area (Å²) in [6.45, 7) is 9.25. The zero-order valence-electron chi connectivity index (χ0n) is 28.9. The van der Waals surface area contributed by atoms with Crippen LogP contribution in [0, 0.1) is 11.8 Å². The second kappa shape index (κ2) is 15.0. The van der Waals surface area contributed by atoms with Gasteiger partial charge in [-0.2, -0.15) is 0 Å². The van der Waals surface area contributed by atoms with Crippen LogP contribution in [-0.4, -0.2) is 91.4 Å². The molecule has 8 nitrogen and oxygen atoms in total. The zero-order chi connectivity index (χ0) is 34.0. The number of carbonyl (C=O) groups is 1. The highest BCUT2D eigenvalue weighted by Crippen LogP contribution is 2.47. The number of anilines is 1. The molecule has 1 saturated heterocycles. The molecule has 0 aromatic heterocycles. The van der Waals surface area contributed by atoms with Crippen LogP contribution in [0.5, 0.6) is 5.75 Å². The standard InChI is InChI=1S/C39H52ClN3O5S/c1-3-32-8-4-5-9-36(47-22-19-42-17-20-46-21-18-42)33-13-10-30(33)25-43-26-39(16-6-7-28-23-31(40)12-14-34(28)39)27-48-37-15-11-29(24-35(37)43)38(44)41-49(32,2)45/h5,9,11-12,14-15,23-24,30,32-33,36H,2-4,6-8,10,13,16-22,25-27H2,1H3,(H,41,44,45)/b9-5+/t30-,32+,33+,36-,39-,49?/m0/s1. The second-order valence-electron chi connectivity index (χ2n) is 14.8. The van der Waals surface area contributed by atoms with Crippen LogP contribution in [0.4, 0.5) is 5.69 Å². The Morgan fingerprint density at radius 1 is 1.14 bits per heavy atom. The van der Waals surface area contributed by atoms with Gasteiger partial charge in [0.1, 0.15) is 5.75 Å². The quantitative estimate of drug-likeness (QED) is 0.299. The van der Waals surface area contributed by atoms with Crippen LogP contribution in [0.3, 0.4) is 0 Å². The largest absolute Gasteiger partial charge is 0.490 e. The van der Waals surface area contributed by atoms with Crippen LogP contribution < -0.4 is 14.4 Å². The van der Waals surface area contributed by atoms with E-state index >= 15 is 0 Å². The molecule has 7 rings (SSSR count). The highest BCUT2D eigenvalue weighted by atomic mass is 35.5. The molecule has 2 aromatic carbocycles. The maximum atomic E-state index is 13.9. The van der Waals surface area contributed by atoms with E-state index in [2.05, 4.69) is 44.7 Å². The Morgan fingerprint density at radius 2 is 2.00 bits per heavy atom. The van der Waals surface area contributed by atoms with Crippen molar-refractivity contribution in [1.29, 1.82) is 0 Å². The fourth-order valence-electron chi connectivity index (χ4n) is 8.73. The minimum atomic E-state index is -2.88. The van der Waals surface area contributed by atoms with Gasteiger partial charge in [-0.3, -0.25) is 14.4 Å². The summed E-state index contributed by atoms with van der Waals surface area (Å²) in [6, 6.07) is 12.0. The van der Waals surface area contributed by atoms with Gasteiger partial charge in [-0.1, -0.05) is 36.7 Å². The third-order valence-electron chi connectivity index (χ3n) is 11.7. The average Bonchev–Trinajstić information content (AvgIpc) is 3.23. The summed E-state index contributed by atoms with van der Waals surface area (Å²) in [4.78, 5) is 18.6. The minimum Gasteiger partial charge on any atom is -0.490 e. The molecule has 5 aliphatic rings. The molecule has 3 heterocycles. The summed E-state index contributed by atoms with van der Waals surface area (Å²) < 4.78 is 35.7. The van der Waals surface area contributed by atoms with E-state index in [0.29, 0.717) is 43.5 Å². The highest BCUT2D eigenvalue weighted by molar-refractivity contribution is 7.99. The molecule has 1 amide bonds. The first kappa shape index (κ1) is 34.9. The smallest absolute Gasteiger partial charge is 0.262 e. The third kappa shape index (κ3) is 7.57. The van der Waals surface area contributed by atoms with Crippen molar-refractivity contribution in [3.05, 3.63) is 70.3 Å². The zero-order valence-corrected chi connectivity index (χ0v) is 30.5. The number of nitrogens with zero attached hydrogens (tertiary/aromatic N) is 2. The van der Waals surface area contributed by atoms with Crippen molar-refractivity contribution in [2.75, 3.05) is 64.1 Å². The molecule has 3 aliphatic heterocycles. The number of morpholine rings is 1. The van der Waals surface area contributed by atoms with E-state index < -0.39 is 9.71 Å². The Kier molecular flexibility index (Phi) is 10.6. The molecule has 1 spiro atoms. The summed E-state index contributed by atoms with van der Waals surface area (Å²) in [5.41, 5.74) is 3.82. The molecule has 10 heteroatoms. The summed E-state index contributed by atoms with van der Waals surface area (Å²) in [6.07, 6.45) is 12.0. The monoisotopic (exact) mass is 709 g/mol. The lowest BCUT2D eigenvalue weighted by atomic mass is 9.68. The first-order chi connectivity index (χ1) is 23.7. The van der Waals surface area contributed by atoms with Gasteiger partial charge in [0.2, 0.25) is 0 Å². The van der Waals surface area contributed by atoms with Crippen molar-refractivity contribution in [2.24, 2.45) is 11.8 Å². The second-order valence-corrected chi connectivity index (χ2v) is 17.5. The summed E-state index contributed by atoms with van der Waals surface area (Å²) in [5.74, 6) is 5.31. The van der Waals surface area contributed by atoms with Crippen molar-refractivity contribution >= 4 is 38.8 Å². The molecule has 0 radical (unpaired) electrons. The number of carbonyl (C=O) groups excluding carboxylic acids is 1. The maximum absolute atomic E-state index is 13.9. The minimum absolute atomic E-state index is 0.0112. The molecular weight excluding hydrogens is 658 g/mol. The van der Waals surface area contributed by atoms with Crippen LogP contribution in [0.25, 0.3) is 0 Å². The van der Waals surface area contributed by atoms with Gasteiger partial charge in [0.15, 0.2) is 0 Å². The van der Waals surface area contributed by atoms with E-state index in [-0.39, 0.29) is 22.7 Å². The van der Waals surface area contributed by atoms with Gasteiger partial charge in [0.05, 0.1) is 47.9 Å². The van der Waals surface area contributed by atoms with E-state index in [1.807, 2.05) is 25.1 Å². The molecule has 2 fully saturated rings.